The zero-order chi connectivity index (χ0) is 28.2. The highest BCUT2D eigenvalue weighted by Crippen LogP contribution is 2.40. The van der Waals surface area contributed by atoms with E-state index in [0.717, 1.165) is 63.5 Å². The molecule has 0 spiro atoms. The lowest BCUT2D eigenvalue weighted by Gasteiger charge is -2.29. The smallest absolute Gasteiger partial charge is 0.346 e. The summed E-state index contributed by atoms with van der Waals surface area (Å²) in [5.41, 5.74) is -0.451. The summed E-state index contributed by atoms with van der Waals surface area (Å²) in [6.07, 6.45) is 14.4. The van der Waals surface area contributed by atoms with Gasteiger partial charge in [-0.15, -0.1) is 0 Å². The molecule has 0 saturated heterocycles. The number of ether oxygens (including phenoxy) is 2. The molecule has 39 heavy (non-hydrogen) atoms. The van der Waals surface area contributed by atoms with Gasteiger partial charge in [0.1, 0.15) is 0 Å². The molecule has 2 aromatic carbocycles. The summed E-state index contributed by atoms with van der Waals surface area (Å²) >= 11 is 0. The molecule has 0 N–H and O–H groups in total. The zero-order valence-electron chi connectivity index (χ0n) is 23.3. The van der Waals surface area contributed by atoms with Gasteiger partial charge >= 0.3 is 5.97 Å². The van der Waals surface area contributed by atoms with Crippen molar-refractivity contribution in [3.63, 3.8) is 0 Å². The molecule has 0 bridgehead atoms. The molecule has 216 valence electrons. The van der Waals surface area contributed by atoms with Crippen LogP contribution in [0.25, 0.3) is 0 Å². The first-order valence-corrected chi connectivity index (χ1v) is 14.7. The number of carbonyl (C=O) groups is 1. The molecular weight excluding hydrogens is 508 g/mol. The maximum Gasteiger partial charge on any atom is 0.346 e. The van der Waals surface area contributed by atoms with E-state index in [9.17, 15) is 22.4 Å². The van der Waals surface area contributed by atoms with Crippen molar-refractivity contribution in [1.29, 1.82) is 0 Å². The highest BCUT2D eigenvalue weighted by atomic mass is 19.2. The molecule has 0 heterocycles. The molecule has 3 rings (SSSR count). The third kappa shape index (κ3) is 8.71. The van der Waals surface area contributed by atoms with Gasteiger partial charge in [-0.2, -0.15) is 8.78 Å². The van der Waals surface area contributed by atoms with Gasteiger partial charge in [-0.05, 0) is 67.7 Å². The molecule has 7 heteroatoms. The predicted octanol–water partition coefficient (Wildman–Crippen LogP) is 10.1. The van der Waals surface area contributed by atoms with Crippen LogP contribution in [0.2, 0.25) is 0 Å². The molecule has 0 amide bonds. The van der Waals surface area contributed by atoms with Gasteiger partial charge in [-0.1, -0.05) is 77.7 Å². The van der Waals surface area contributed by atoms with Crippen LogP contribution in [0.15, 0.2) is 24.3 Å². The van der Waals surface area contributed by atoms with Gasteiger partial charge in [0.25, 0.3) is 0 Å². The van der Waals surface area contributed by atoms with Crippen molar-refractivity contribution in [3.8, 4) is 11.5 Å². The van der Waals surface area contributed by atoms with Crippen molar-refractivity contribution in [2.75, 3.05) is 6.61 Å². The van der Waals surface area contributed by atoms with E-state index in [4.69, 9.17) is 9.47 Å². The van der Waals surface area contributed by atoms with E-state index in [1.165, 1.54) is 44.2 Å². The molecular formula is C32H42F4O3. The summed E-state index contributed by atoms with van der Waals surface area (Å²) in [5, 5.41) is 0. The second-order valence-electron chi connectivity index (χ2n) is 10.7. The number of carbonyl (C=O) groups excluding carboxylic acids is 1. The van der Waals surface area contributed by atoms with Gasteiger partial charge in [-0.3, -0.25) is 0 Å². The molecule has 3 nitrogen and oxygen atoms in total. The molecule has 2 aromatic rings. The Bertz CT molecular complexity index is 1060. The first-order chi connectivity index (χ1) is 18.9. The van der Waals surface area contributed by atoms with Crippen LogP contribution in [0.5, 0.6) is 11.5 Å². The van der Waals surface area contributed by atoms with E-state index >= 15 is 0 Å². The van der Waals surface area contributed by atoms with Crippen LogP contribution in [-0.2, 0) is 0 Å². The number of halogens is 4. The van der Waals surface area contributed by atoms with Crippen molar-refractivity contribution in [2.45, 2.75) is 110 Å². The molecule has 1 saturated carbocycles. The molecule has 0 radical (unpaired) electrons. The number of esters is 1. The highest BCUT2D eigenvalue weighted by molar-refractivity contribution is 5.91. The molecule has 0 atom stereocenters. The van der Waals surface area contributed by atoms with Crippen molar-refractivity contribution in [2.24, 2.45) is 5.92 Å². The Balaban J connectivity index is 1.57. The van der Waals surface area contributed by atoms with E-state index in [2.05, 4.69) is 13.8 Å². The minimum atomic E-state index is -1.45. The predicted molar refractivity (Wildman–Crippen MR) is 145 cm³/mol. The summed E-state index contributed by atoms with van der Waals surface area (Å²) in [7, 11) is 0. The molecule has 0 aromatic heterocycles. The second kappa shape index (κ2) is 15.9. The minimum absolute atomic E-state index is 0.0953. The number of unbranched alkanes of at least 4 members (excludes halogenated alkanes) is 7. The van der Waals surface area contributed by atoms with Crippen molar-refractivity contribution >= 4 is 5.97 Å². The molecule has 1 fully saturated rings. The maximum absolute atomic E-state index is 15.0. The number of rotatable bonds is 15. The average Bonchev–Trinajstić information content (AvgIpc) is 2.93. The average molecular weight is 551 g/mol. The van der Waals surface area contributed by atoms with Gasteiger partial charge in [0.05, 0.1) is 12.2 Å². The summed E-state index contributed by atoms with van der Waals surface area (Å²) in [6.45, 7) is 4.53. The van der Waals surface area contributed by atoms with E-state index in [1.54, 1.807) is 0 Å². The van der Waals surface area contributed by atoms with Crippen molar-refractivity contribution < 1.29 is 31.8 Å². The van der Waals surface area contributed by atoms with E-state index < -0.39 is 40.6 Å². The quantitative estimate of drug-likeness (QED) is 0.0958. The Hall–Kier alpha value is -2.57. The minimum Gasteiger partial charge on any atom is -0.490 e. The standard InChI is InChI=1S/C32H42F4O3/c1-3-5-7-8-9-11-21-38-26-19-18-25(29(34)30(26)35)32(37)39-27-20-17-24(28(33)31(27)36)23-15-13-22(14-16-23)12-10-6-4-2/h17-20,22-23H,3-16,21H2,1-2H3. The summed E-state index contributed by atoms with van der Waals surface area (Å²) in [5.74, 6) is -6.86. The van der Waals surface area contributed by atoms with Gasteiger partial charge in [0.15, 0.2) is 23.1 Å². The highest BCUT2D eigenvalue weighted by Gasteiger charge is 2.28. The van der Waals surface area contributed by atoms with Crippen LogP contribution < -0.4 is 9.47 Å². The largest absolute Gasteiger partial charge is 0.490 e. The van der Waals surface area contributed by atoms with Gasteiger partial charge in [-0.25, -0.2) is 13.6 Å². The first kappa shape index (κ1) is 31.0. The number of hydrogen-bond acceptors (Lipinski definition) is 3. The normalized spacial score (nSPS) is 17.3. The fraction of sp³-hybridized carbons (Fsp3) is 0.594. The third-order valence-electron chi connectivity index (χ3n) is 7.80. The zero-order valence-corrected chi connectivity index (χ0v) is 23.3. The van der Waals surface area contributed by atoms with Crippen LogP contribution >= 0.6 is 0 Å². The summed E-state index contributed by atoms with van der Waals surface area (Å²) in [4.78, 5) is 12.5. The van der Waals surface area contributed by atoms with E-state index in [0.29, 0.717) is 12.3 Å². The van der Waals surface area contributed by atoms with Crippen LogP contribution in [0, 0.1) is 29.2 Å². The Labute approximate surface area is 230 Å². The van der Waals surface area contributed by atoms with Crippen LogP contribution in [0.3, 0.4) is 0 Å². The van der Waals surface area contributed by atoms with E-state index in [-0.39, 0.29) is 23.8 Å². The maximum atomic E-state index is 15.0. The monoisotopic (exact) mass is 550 g/mol. The SMILES string of the molecule is CCCCCCCCOc1ccc(C(=O)Oc2ccc(C3CCC(CCCCC)CC3)c(F)c2F)c(F)c1F. The molecule has 0 aliphatic heterocycles. The third-order valence-corrected chi connectivity index (χ3v) is 7.80. The van der Waals surface area contributed by atoms with Crippen molar-refractivity contribution in [3.05, 3.63) is 58.7 Å². The van der Waals surface area contributed by atoms with Gasteiger partial charge in [0.2, 0.25) is 11.6 Å². The Kier molecular flexibility index (Phi) is 12.6. The topological polar surface area (TPSA) is 35.5 Å². The van der Waals surface area contributed by atoms with Crippen LogP contribution in [0.1, 0.15) is 126 Å². The fourth-order valence-corrected chi connectivity index (χ4v) is 5.41. The summed E-state index contributed by atoms with van der Waals surface area (Å²) in [6, 6.07) is 4.79. The number of hydrogen-bond donors (Lipinski definition) is 0. The van der Waals surface area contributed by atoms with E-state index in [1.807, 2.05) is 0 Å². The summed E-state index contributed by atoms with van der Waals surface area (Å²) < 4.78 is 69.2. The lowest BCUT2D eigenvalue weighted by atomic mass is 9.77. The number of benzene rings is 2. The lowest BCUT2D eigenvalue weighted by molar-refractivity contribution is 0.0720. The fourth-order valence-electron chi connectivity index (χ4n) is 5.41. The Morgan fingerprint density at radius 1 is 0.718 bits per heavy atom. The second-order valence-corrected chi connectivity index (χ2v) is 10.7. The molecule has 1 aliphatic carbocycles. The lowest BCUT2D eigenvalue weighted by Crippen LogP contribution is -2.16. The van der Waals surface area contributed by atoms with Crippen molar-refractivity contribution in [1.82, 2.24) is 0 Å². The Morgan fingerprint density at radius 2 is 1.33 bits per heavy atom. The molecule has 1 aliphatic rings. The van der Waals surface area contributed by atoms with Crippen LogP contribution in [0.4, 0.5) is 17.6 Å². The molecule has 0 unspecified atom stereocenters. The van der Waals surface area contributed by atoms with Gasteiger partial charge in [0, 0.05) is 0 Å². The van der Waals surface area contributed by atoms with Gasteiger partial charge < -0.3 is 9.47 Å². The Morgan fingerprint density at radius 3 is 2.05 bits per heavy atom. The first-order valence-electron chi connectivity index (χ1n) is 14.7. The van der Waals surface area contributed by atoms with Crippen LogP contribution in [-0.4, -0.2) is 12.6 Å².